The summed E-state index contributed by atoms with van der Waals surface area (Å²) in [6.07, 6.45) is -1.39. The fourth-order valence-electron chi connectivity index (χ4n) is 1.78. The minimum Gasteiger partial charge on any atom is -0.366 e. The van der Waals surface area contributed by atoms with Crippen molar-refractivity contribution >= 4 is 0 Å². The van der Waals surface area contributed by atoms with Gasteiger partial charge in [-0.25, -0.2) is 0 Å². The van der Waals surface area contributed by atoms with Crippen LogP contribution in [0.3, 0.4) is 0 Å². The first kappa shape index (κ1) is 8.44. The molecule has 2 fully saturated rings. The Hall–Kier alpha value is -0.160. The normalized spacial score (nSPS) is 51.0. The molecule has 0 bridgehead atoms. The summed E-state index contributed by atoms with van der Waals surface area (Å²) in [5, 5.41) is 9.37. The maximum Gasteiger partial charge on any atom is 0.184 e. The van der Waals surface area contributed by atoms with E-state index in [1.54, 1.807) is 0 Å². The number of ether oxygens (including phenoxy) is 3. The molecule has 2 aliphatic heterocycles. The number of hydrogen-bond donors (Lipinski definition) is 1. The van der Waals surface area contributed by atoms with E-state index in [4.69, 9.17) is 14.2 Å². The summed E-state index contributed by atoms with van der Waals surface area (Å²) in [5.74, 6) is -0.589. The van der Waals surface area contributed by atoms with Gasteiger partial charge in [0.05, 0.1) is 6.10 Å². The molecular formula is C8H14O4. The Kier molecular flexibility index (Phi) is 1.70. The number of rotatable bonds is 0. The second-order valence-corrected chi connectivity index (χ2v) is 3.80. The molecule has 0 saturated carbocycles. The smallest absolute Gasteiger partial charge is 0.184 e. The Bertz CT molecular complexity index is 173. The van der Waals surface area contributed by atoms with Crippen molar-refractivity contribution in [1.82, 2.24) is 0 Å². The summed E-state index contributed by atoms with van der Waals surface area (Å²) in [6, 6.07) is 0. The molecule has 12 heavy (non-hydrogen) atoms. The third-order valence-corrected chi connectivity index (χ3v) is 2.26. The van der Waals surface area contributed by atoms with Gasteiger partial charge >= 0.3 is 0 Å². The van der Waals surface area contributed by atoms with Crippen LogP contribution < -0.4 is 0 Å². The fraction of sp³-hybridized carbons (Fsp3) is 1.00. The Morgan fingerprint density at radius 2 is 1.75 bits per heavy atom. The van der Waals surface area contributed by atoms with E-state index in [0.717, 1.165) is 0 Å². The molecule has 0 radical (unpaired) electrons. The van der Waals surface area contributed by atoms with Crippen LogP contribution in [0.25, 0.3) is 0 Å². The van der Waals surface area contributed by atoms with Gasteiger partial charge in [-0.2, -0.15) is 0 Å². The lowest BCUT2D eigenvalue weighted by Gasteiger charge is -2.20. The second-order valence-electron chi connectivity index (χ2n) is 3.80. The summed E-state index contributed by atoms with van der Waals surface area (Å²) in [5.41, 5.74) is 0. The number of aliphatic hydroxyl groups excluding tert-OH is 1. The highest BCUT2D eigenvalue weighted by Crippen LogP contribution is 2.37. The molecular weight excluding hydrogens is 160 g/mol. The van der Waals surface area contributed by atoms with Crippen LogP contribution >= 0.6 is 0 Å². The second kappa shape index (κ2) is 2.42. The van der Waals surface area contributed by atoms with E-state index in [1.165, 1.54) is 0 Å². The van der Waals surface area contributed by atoms with Gasteiger partial charge in [-0.3, -0.25) is 0 Å². The molecule has 4 atom stereocenters. The molecule has 0 spiro atoms. The SMILES string of the molecule is C[C@@H]1O[C@@H](O)[C@@H]2OC(C)(C)O[C@@H]21. The van der Waals surface area contributed by atoms with Crippen molar-refractivity contribution in [1.29, 1.82) is 0 Å². The molecule has 2 saturated heterocycles. The average Bonchev–Trinajstić information content (AvgIpc) is 2.34. The molecule has 0 aromatic rings. The van der Waals surface area contributed by atoms with Gasteiger partial charge in [0, 0.05) is 0 Å². The van der Waals surface area contributed by atoms with E-state index in [2.05, 4.69) is 0 Å². The third kappa shape index (κ3) is 1.15. The Morgan fingerprint density at radius 1 is 1.17 bits per heavy atom. The van der Waals surface area contributed by atoms with Crippen LogP contribution in [0.2, 0.25) is 0 Å². The van der Waals surface area contributed by atoms with E-state index >= 15 is 0 Å². The summed E-state index contributed by atoms with van der Waals surface area (Å²) in [4.78, 5) is 0. The van der Waals surface area contributed by atoms with Crippen LogP contribution in [0, 0.1) is 0 Å². The van der Waals surface area contributed by atoms with Crippen LogP contribution in [-0.2, 0) is 14.2 Å². The molecule has 2 heterocycles. The largest absolute Gasteiger partial charge is 0.366 e. The van der Waals surface area contributed by atoms with Gasteiger partial charge in [-0.05, 0) is 20.8 Å². The van der Waals surface area contributed by atoms with E-state index in [9.17, 15) is 5.11 Å². The first-order valence-corrected chi connectivity index (χ1v) is 4.19. The highest BCUT2D eigenvalue weighted by atomic mass is 16.8. The quantitative estimate of drug-likeness (QED) is 0.571. The van der Waals surface area contributed by atoms with E-state index in [1.807, 2.05) is 20.8 Å². The summed E-state index contributed by atoms with van der Waals surface area (Å²) in [7, 11) is 0. The van der Waals surface area contributed by atoms with Crippen LogP contribution in [0.4, 0.5) is 0 Å². The van der Waals surface area contributed by atoms with Crippen molar-refractivity contribution in [3.63, 3.8) is 0 Å². The molecule has 4 nitrogen and oxygen atoms in total. The van der Waals surface area contributed by atoms with Gasteiger partial charge in [0.2, 0.25) is 0 Å². The Morgan fingerprint density at radius 3 is 2.33 bits per heavy atom. The summed E-state index contributed by atoms with van der Waals surface area (Å²) >= 11 is 0. The average molecular weight is 174 g/mol. The zero-order valence-corrected chi connectivity index (χ0v) is 7.48. The van der Waals surface area contributed by atoms with Gasteiger partial charge in [0.25, 0.3) is 0 Å². The fourth-order valence-corrected chi connectivity index (χ4v) is 1.78. The zero-order chi connectivity index (χ0) is 8.93. The molecule has 0 aromatic carbocycles. The molecule has 0 amide bonds. The highest BCUT2D eigenvalue weighted by molar-refractivity contribution is 4.92. The number of fused-ring (bicyclic) bond motifs is 1. The first-order valence-electron chi connectivity index (χ1n) is 4.19. The molecule has 0 aliphatic carbocycles. The number of hydrogen-bond acceptors (Lipinski definition) is 4. The van der Waals surface area contributed by atoms with E-state index in [-0.39, 0.29) is 18.3 Å². The lowest BCUT2D eigenvalue weighted by atomic mass is 10.2. The van der Waals surface area contributed by atoms with Gasteiger partial charge in [-0.1, -0.05) is 0 Å². The maximum absolute atomic E-state index is 9.37. The predicted molar refractivity (Wildman–Crippen MR) is 40.4 cm³/mol. The van der Waals surface area contributed by atoms with Crippen molar-refractivity contribution in [3.8, 4) is 0 Å². The maximum atomic E-state index is 9.37. The topological polar surface area (TPSA) is 47.9 Å². The molecule has 2 rings (SSSR count). The Labute approximate surface area is 71.4 Å². The molecule has 4 heteroatoms. The van der Waals surface area contributed by atoms with Crippen LogP contribution in [0.1, 0.15) is 20.8 Å². The standard InChI is InChI=1S/C8H14O4/c1-4-5-6(7(9)10-4)12-8(2,3)11-5/h4-7,9H,1-3H3/t4-,5+,6+,7+/m0/s1. The first-order chi connectivity index (χ1) is 5.49. The third-order valence-electron chi connectivity index (χ3n) is 2.26. The lowest BCUT2D eigenvalue weighted by molar-refractivity contribution is -0.217. The number of aliphatic hydroxyl groups is 1. The molecule has 2 aliphatic rings. The van der Waals surface area contributed by atoms with Crippen molar-refractivity contribution < 1.29 is 19.3 Å². The van der Waals surface area contributed by atoms with Gasteiger partial charge in [-0.15, -0.1) is 0 Å². The van der Waals surface area contributed by atoms with Crippen molar-refractivity contribution in [2.24, 2.45) is 0 Å². The van der Waals surface area contributed by atoms with Crippen LogP contribution in [-0.4, -0.2) is 35.5 Å². The highest BCUT2D eigenvalue weighted by Gasteiger charge is 2.53. The van der Waals surface area contributed by atoms with E-state index < -0.39 is 12.1 Å². The zero-order valence-electron chi connectivity index (χ0n) is 7.48. The van der Waals surface area contributed by atoms with Crippen LogP contribution in [0.5, 0.6) is 0 Å². The molecule has 0 aromatic heterocycles. The van der Waals surface area contributed by atoms with Crippen molar-refractivity contribution in [2.75, 3.05) is 0 Å². The van der Waals surface area contributed by atoms with E-state index in [0.29, 0.717) is 0 Å². The van der Waals surface area contributed by atoms with Gasteiger partial charge < -0.3 is 19.3 Å². The Balaban J connectivity index is 2.15. The summed E-state index contributed by atoms with van der Waals surface area (Å²) < 4.78 is 16.1. The lowest BCUT2D eigenvalue weighted by Crippen LogP contribution is -2.29. The van der Waals surface area contributed by atoms with Gasteiger partial charge in [0.1, 0.15) is 12.2 Å². The molecule has 1 N–H and O–H groups in total. The molecule has 70 valence electrons. The summed E-state index contributed by atoms with van der Waals surface area (Å²) in [6.45, 7) is 5.55. The minimum atomic E-state index is -0.841. The van der Waals surface area contributed by atoms with Crippen molar-refractivity contribution in [3.05, 3.63) is 0 Å². The van der Waals surface area contributed by atoms with Crippen LogP contribution in [0.15, 0.2) is 0 Å². The monoisotopic (exact) mass is 174 g/mol. The minimum absolute atomic E-state index is 0.0909. The predicted octanol–water partition coefficient (Wildman–Crippen LogP) is 0.244. The van der Waals surface area contributed by atoms with Gasteiger partial charge in [0.15, 0.2) is 12.1 Å². The van der Waals surface area contributed by atoms with Crippen molar-refractivity contribution in [2.45, 2.75) is 51.2 Å². The molecule has 0 unspecified atom stereocenters.